The third kappa shape index (κ3) is 3.55. The molecule has 1 heterocycles. The molecule has 0 bridgehead atoms. The standard InChI is InChI=1S/C20H22N2O4S/c1-6-12-7-8-14-17(9-12)27-20(22(14)2)21-19(23)13-10-15(24-3)18(26-5)16(11-13)25-4/h7-11H,6H2,1-5H3. The van der Waals surface area contributed by atoms with Gasteiger partial charge in [0.25, 0.3) is 5.91 Å². The molecule has 142 valence electrons. The predicted molar refractivity (Wildman–Crippen MR) is 106 cm³/mol. The number of carbonyl (C=O) groups excluding carboxylic acids is 1. The minimum Gasteiger partial charge on any atom is -0.493 e. The number of amides is 1. The Hall–Kier alpha value is -2.80. The van der Waals surface area contributed by atoms with Crippen LogP contribution in [0.25, 0.3) is 10.2 Å². The molecule has 0 N–H and O–H groups in total. The summed E-state index contributed by atoms with van der Waals surface area (Å²) >= 11 is 1.49. The van der Waals surface area contributed by atoms with Gasteiger partial charge in [0.2, 0.25) is 5.75 Å². The van der Waals surface area contributed by atoms with Gasteiger partial charge in [-0.15, -0.1) is 0 Å². The van der Waals surface area contributed by atoms with Crippen LogP contribution in [-0.4, -0.2) is 31.8 Å². The van der Waals surface area contributed by atoms with Crippen molar-refractivity contribution in [3.05, 3.63) is 46.3 Å². The number of methoxy groups -OCH3 is 3. The lowest BCUT2D eigenvalue weighted by molar-refractivity contribution is 0.0997. The van der Waals surface area contributed by atoms with Gasteiger partial charge in [-0.1, -0.05) is 24.3 Å². The van der Waals surface area contributed by atoms with Crippen molar-refractivity contribution >= 4 is 27.5 Å². The number of hydrogen-bond donors (Lipinski definition) is 0. The molecule has 3 rings (SSSR count). The van der Waals surface area contributed by atoms with Gasteiger partial charge in [-0.3, -0.25) is 4.79 Å². The van der Waals surface area contributed by atoms with Gasteiger partial charge < -0.3 is 18.8 Å². The van der Waals surface area contributed by atoms with E-state index in [1.165, 1.54) is 38.2 Å². The number of rotatable bonds is 5. The molecule has 0 saturated carbocycles. The van der Waals surface area contributed by atoms with Crippen LogP contribution < -0.4 is 19.0 Å². The molecule has 7 heteroatoms. The molecular formula is C20H22N2O4S. The lowest BCUT2D eigenvalue weighted by Gasteiger charge is -2.12. The smallest absolute Gasteiger partial charge is 0.279 e. The first-order valence-electron chi connectivity index (χ1n) is 8.49. The van der Waals surface area contributed by atoms with Crippen molar-refractivity contribution in [1.29, 1.82) is 0 Å². The molecule has 0 radical (unpaired) electrons. The lowest BCUT2D eigenvalue weighted by Crippen LogP contribution is -2.13. The van der Waals surface area contributed by atoms with Gasteiger partial charge >= 0.3 is 0 Å². The average Bonchev–Trinajstić information content (AvgIpc) is 3.01. The Bertz CT molecular complexity index is 1040. The van der Waals surface area contributed by atoms with Gasteiger partial charge in [0, 0.05) is 12.6 Å². The molecule has 0 aliphatic rings. The Kier molecular flexibility index (Phi) is 5.51. The molecule has 0 unspecified atom stereocenters. The first-order chi connectivity index (χ1) is 13.0. The van der Waals surface area contributed by atoms with Crippen LogP contribution >= 0.6 is 11.3 Å². The van der Waals surface area contributed by atoms with Crippen LogP contribution in [0.1, 0.15) is 22.8 Å². The summed E-state index contributed by atoms with van der Waals surface area (Å²) in [6.45, 7) is 2.12. The fourth-order valence-electron chi connectivity index (χ4n) is 2.86. The number of aromatic nitrogens is 1. The summed E-state index contributed by atoms with van der Waals surface area (Å²) in [4.78, 5) is 17.7. The van der Waals surface area contributed by atoms with Gasteiger partial charge in [-0.05, 0) is 36.2 Å². The van der Waals surface area contributed by atoms with Crippen molar-refractivity contribution in [3.8, 4) is 17.2 Å². The largest absolute Gasteiger partial charge is 0.493 e. The zero-order valence-electron chi connectivity index (χ0n) is 16.0. The van der Waals surface area contributed by atoms with Crippen molar-refractivity contribution in [2.45, 2.75) is 13.3 Å². The van der Waals surface area contributed by atoms with Crippen LogP contribution in [-0.2, 0) is 13.5 Å². The summed E-state index contributed by atoms with van der Waals surface area (Å²) in [5.74, 6) is 0.913. The number of aryl methyl sites for hydroxylation is 2. The highest BCUT2D eigenvalue weighted by Crippen LogP contribution is 2.38. The predicted octanol–water partition coefficient (Wildman–Crippen LogP) is 3.57. The number of benzene rings is 2. The van der Waals surface area contributed by atoms with E-state index in [0.717, 1.165) is 16.6 Å². The number of hydrogen-bond acceptors (Lipinski definition) is 5. The van der Waals surface area contributed by atoms with Crippen molar-refractivity contribution in [3.63, 3.8) is 0 Å². The second kappa shape index (κ2) is 7.84. The second-order valence-electron chi connectivity index (χ2n) is 5.93. The number of ether oxygens (including phenoxy) is 3. The summed E-state index contributed by atoms with van der Waals surface area (Å²) in [6.07, 6.45) is 0.967. The molecule has 0 atom stereocenters. The molecule has 0 aliphatic carbocycles. The highest BCUT2D eigenvalue weighted by Gasteiger charge is 2.17. The Balaban J connectivity index is 2.09. The van der Waals surface area contributed by atoms with E-state index in [1.54, 1.807) is 12.1 Å². The van der Waals surface area contributed by atoms with Crippen LogP contribution in [0, 0.1) is 0 Å². The molecule has 2 aromatic carbocycles. The SMILES string of the molecule is CCc1ccc2c(c1)sc(=NC(=O)c1cc(OC)c(OC)c(OC)c1)n2C. The van der Waals surface area contributed by atoms with E-state index in [-0.39, 0.29) is 5.91 Å². The maximum Gasteiger partial charge on any atom is 0.279 e. The van der Waals surface area contributed by atoms with E-state index in [1.807, 2.05) is 11.6 Å². The third-order valence-corrected chi connectivity index (χ3v) is 5.49. The maximum absolute atomic E-state index is 12.8. The summed E-state index contributed by atoms with van der Waals surface area (Å²) in [7, 11) is 6.46. The Labute approximate surface area is 161 Å². The van der Waals surface area contributed by atoms with E-state index in [9.17, 15) is 4.79 Å². The van der Waals surface area contributed by atoms with Crippen molar-refractivity contribution < 1.29 is 19.0 Å². The lowest BCUT2D eigenvalue weighted by atomic mass is 10.1. The minimum absolute atomic E-state index is 0.368. The van der Waals surface area contributed by atoms with E-state index >= 15 is 0 Å². The van der Waals surface area contributed by atoms with Gasteiger partial charge in [0.1, 0.15) is 0 Å². The van der Waals surface area contributed by atoms with Gasteiger partial charge in [0.05, 0.1) is 31.5 Å². The van der Waals surface area contributed by atoms with E-state index in [4.69, 9.17) is 14.2 Å². The van der Waals surface area contributed by atoms with Crippen LogP contribution in [0.4, 0.5) is 0 Å². The van der Waals surface area contributed by atoms with Gasteiger partial charge in [0.15, 0.2) is 16.3 Å². The summed E-state index contributed by atoms with van der Waals surface area (Å²) < 4.78 is 19.0. The van der Waals surface area contributed by atoms with Gasteiger partial charge in [-0.25, -0.2) is 0 Å². The molecule has 1 aromatic heterocycles. The van der Waals surface area contributed by atoms with Gasteiger partial charge in [-0.2, -0.15) is 4.99 Å². The third-order valence-electron chi connectivity index (χ3n) is 4.39. The van der Waals surface area contributed by atoms with Crippen LogP contribution in [0.5, 0.6) is 17.2 Å². The first-order valence-corrected chi connectivity index (χ1v) is 9.31. The number of carbonyl (C=O) groups is 1. The molecular weight excluding hydrogens is 364 g/mol. The molecule has 0 spiro atoms. The fraction of sp³-hybridized carbons (Fsp3) is 0.300. The molecule has 27 heavy (non-hydrogen) atoms. The molecule has 0 aliphatic heterocycles. The molecule has 3 aromatic rings. The Morgan fingerprint density at radius 2 is 1.74 bits per heavy atom. The van der Waals surface area contributed by atoms with Crippen molar-refractivity contribution in [2.75, 3.05) is 21.3 Å². The van der Waals surface area contributed by atoms with Crippen LogP contribution in [0.3, 0.4) is 0 Å². The monoisotopic (exact) mass is 386 g/mol. The average molecular weight is 386 g/mol. The molecule has 1 amide bonds. The zero-order chi connectivity index (χ0) is 19.6. The van der Waals surface area contributed by atoms with Crippen LogP contribution in [0.15, 0.2) is 35.3 Å². The minimum atomic E-state index is -0.368. The molecule has 6 nitrogen and oxygen atoms in total. The summed E-state index contributed by atoms with van der Waals surface area (Å²) in [6, 6.07) is 9.52. The van der Waals surface area contributed by atoms with Crippen molar-refractivity contribution in [1.82, 2.24) is 4.57 Å². The normalized spacial score (nSPS) is 11.7. The number of nitrogens with zero attached hydrogens (tertiary/aromatic N) is 2. The fourth-order valence-corrected chi connectivity index (χ4v) is 3.94. The van der Waals surface area contributed by atoms with E-state index < -0.39 is 0 Å². The Morgan fingerprint density at radius 3 is 2.30 bits per heavy atom. The number of thiazole rings is 1. The van der Waals surface area contributed by atoms with E-state index in [2.05, 4.69) is 30.1 Å². The maximum atomic E-state index is 12.8. The first kappa shape index (κ1) is 19.0. The number of fused-ring (bicyclic) bond motifs is 1. The second-order valence-corrected chi connectivity index (χ2v) is 6.94. The zero-order valence-corrected chi connectivity index (χ0v) is 16.8. The van der Waals surface area contributed by atoms with Crippen LogP contribution in [0.2, 0.25) is 0 Å². The summed E-state index contributed by atoms with van der Waals surface area (Å²) in [5, 5.41) is 0. The Morgan fingerprint density at radius 1 is 1.07 bits per heavy atom. The molecule has 0 saturated heterocycles. The highest BCUT2D eigenvalue weighted by molar-refractivity contribution is 7.16. The summed E-state index contributed by atoms with van der Waals surface area (Å²) in [5.41, 5.74) is 2.68. The molecule has 0 fully saturated rings. The highest BCUT2D eigenvalue weighted by atomic mass is 32.1. The topological polar surface area (TPSA) is 62.1 Å². The van der Waals surface area contributed by atoms with E-state index in [0.29, 0.717) is 27.6 Å². The van der Waals surface area contributed by atoms with Crippen molar-refractivity contribution in [2.24, 2.45) is 12.0 Å². The quantitative estimate of drug-likeness (QED) is 0.673.